The van der Waals surface area contributed by atoms with Crippen LogP contribution >= 0.6 is 0 Å². The van der Waals surface area contributed by atoms with Gasteiger partial charge in [0.05, 0.1) is 21.6 Å². The molecule has 1 aliphatic heterocycles. The molecule has 0 aromatic heterocycles. The minimum atomic E-state index is -0.425. The van der Waals surface area contributed by atoms with Crippen molar-refractivity contribution in [1.29, 1.82) is 0 Å². The molecule has 0 unspecified atom stereocenters. The van der Waals surface area contributed by atoms with Gasteiger partial charge in [0.2, 0.25) is 0 Å². The van der Waals surface area contributed by atoms with E-state index in [1.165, 1.54) is 17.1 Å². The summed E-state index contributed by atoms with van der Waals surface area (Å²) in [4.78, 5) is 22.9. The van der Waals surface area contributed by atoms with Crippen molar-refractivity contribution in [3.8, 4) is 0 Å². The molecule has 3 rings (SSSR count). The standard InChI is InChI=1S/C13H11N3O3/c1-14-11-5-3-4-8-10(16(18)19)7-6-9(12(8)11)13(17)15(14)2/h3-7H,1-2H3. The highest BCUT2D eigenvalue weighted by Crippen LogP contribution is 2.38. The van der Waals surface area contributed by atoms with E-state index in [1.807, 2.05) is 6.07 Å². The quantitative estimate of drug-likeness (QED) is 0.580. The summed E-state index contributed by atoms with van der Waals surface area (Å²) in [5, 5.41) is 15.4. The summed E-state index contributed by atoms with van der Waals surface area (Å²) < 4.78 is 0. The first-order chi connectivity index (χ1) is 9.02. The summed E-state index contributed by atoms with van der Waals surface area (Å²) >= 11 is 0. The Kier molecular flexibility index (Phi) is 2.22. The minimum absolute atomic E-state index is 0.0198. The average molecular weight is 257 g/mol. The number of hydrogen-bond acceptors (Lipinski definition) is 4. The third kappa shape index (κ3) is 1.40. The number of rotatable bonds is 1. The summed E-state index contributed by atoms with van der Waals surface area (Å²) in [6, 6.07) is 8.19. The topological polar surface area (TPSA) is 66.7 Å². The molecule has 0 saturated carbocycles. The molecule has 19 heavy (non-hydrogen) atoms. The van der Waals surface area contributed by atoms with Crippen LogP contribution in [0.5, 0.6) is 0 Å². The molecule has 0 spiro atoms. The lowest BCUT2D eigenvalue weighted by Gasteiger charge is -2.35. The predicted octanol–water partition coefficient (Wildman–Crippen LogP) is 2.18. The molecule has 0 N–H and O–H groups in total. The Balaban J connectivity index is 2.47. The van der Waals surface area contributed by atoms with Gasteiger partial charge in [-0.3, -0.25) is 24.9 Å². The summed E-state index contributed by atoms with van der Waals surface area (Å²) in [7, 11) is 3.43. The maximum atomic E-state index is 12.2. The number of nitrogens with zero attached hydrogens (tertiary/aromatic N) is 3. The first-order valence-corrected chi connectivity index (χ1v) is 5.74. The van der Waals surface area contributed by atoms with Crippen molar-refractivity contribution in [3.63, 3.8) is 0 Å². The van der Waals surface area contributed by atoms with Crippen molar-refractivity contribution in [2.24, 2.45) is 0 Å². The molecule has 0 saturated heterocycles. The van der Waals surface area contributed by atoms with Crippen LogP contribution in [0.2, 0.25) is 0 Å². The van der Waals surface area contributed by atoms with E-state index in [4.69, 9.17) is 0 Å². The number of benzene rings is 2. The Morgan fingerprint density at radius 1 is 1.11 bits per heavy atom. The predicted molar refractivity (Wildman–Crippen MR) is 71.1 cm³/mol. The van der Waals surface area contributed by atoms with Crippen molar-refractivity contribution < 1.29 is 9.72 Å². The van der Waals surface area contributed by atoms with E-state index in [9.17, 15) is 14.9 Å². The van der Waals surface area contributed by atoms with Gasteiger partial charge in [-0.05, 0) is 18.2 Å². The first-order valence-electron chi connectivity index (χ1n) is 5.74. The molecule has 0 radical (unpaired) electrons. The number of nitro benzene ring substituents is 1. The van der Waals surface area contributed by atoms with Crippen LogP contribution in [-0.4, -0.2) is 29.9 Å². The molecule has 1 aliphatic rings. The van der Waals surface area contributed by atoms with Crippen LogP contribution in [0.1, 0.15) is 10.4 Å². The zero-order valence-electron chi connectivity index (χ0n) is 10.5. The Bertz CT molecular complexity index is 726. The zero-order chi connectivity index (χ0) is 13.7. The highest BCUT2D eigenvalue weighted by Gasteiger charge is 2.29. The van der Waals surface area contributed by atoms with E-state index >= 15 is 0 Å². The Morgan fingerprint density at radius 3 is 2.53 bits per heavy atom. The molecular weight excluding hydrogens is 246 g/mol. The summed E-state index contributed by atoms with van der Waals surface area (Å²) in [5.41, 5.74) is 1.31. The van der Waals surface area contributed by atoms with E-state index in [0.717, 1.165) is 5.69 Å². The summed E-state index contributed by atoms with van der Waals surface area (Å²) in [6.07, 6.45) is 0. The van der Waals surface area contributed by atoms with Gasteiger partial charge in [-0.15, -0.1) is 0 Å². The average Bonchev–Trinajstić information content (AvgIpc) is 2.41. The molecule has 0 fully saturated rings. The molecule has 0 aliphatic carbocycles. The van der Waals surface area contributed by atoms with E-state index in [0.29, 0.717) is 16.3 Å². The number of non-ortho nitro benzene ring substituents is 1. The third-order valence-corrected chi connectivity index (χ3v) is 3.52. The molecular formula is C13H11N3O3. The van der Waals surface area contributed by atoms with Crippen LogP contribution < -0.4 is 5.01 Å². The smallest absolute Gasteiger partial charge is 0.277 e. The highest BCUT2D eigenvalue weighted by atomic mass is 16.6. The largest absolute Gasteiger partial charge is 0.285 e. The monoisotopic (exact) mass is 257 g/mol. The fraction of sp³-hybridized carbons (Fsp3) is 0.154. The van der Waals surface area contributed by atoms with Crippen molar-refractivity contribution in [2.45, 2.75) is 0 Å². The highest BCUT2D eigenvalue weighted by molar-refractivity contribution is 6.16. The van der Waals surface area contributed by atoms with Crippen LogP contribution in [0.15, 0.2) is 30.3 Å². The lowest BCUT2D eigenvalue weighted by molar-refractivity contribution is -0.383. The van der Waals surface area contributed by atoms with Crippen molar-refractivity contribution in [3.05, 3.63) is 46.0 Å². The fourth-order valence-corrected chi connectivity index (χ4v) is 2.45. The molecule has 6 nitrogen and oxygen atoms in total. The zero-order valence-corrected chi connectivity index (χ0v) is 10.5. The second-order valence-corrected chi connectivity index (χ2v) is 4.44. The number of carbonyl (C=O) groups is 1. The van der Waals surface area contributed by atoms with E-state index < -0.39 is 4.92 Å². The van der Waals surface area contributed by atoms with Crippen LogP contribution in [0.25, 0.3) is 10.8 Å². The second-order valence-electron chi connectivity index (χ2n) is 4.44. The van der Waals surface area contributed by atoms with Crippen molar-refractivity contribution in [1.82, 2.24) is 5.01 Å². The molecule has 0 atom stereocenters. The molecule has 2 aromatic rings. The van der Waals surface area contributed by atoms with Gasteiger partial charge in [-0.1, -0.05) is 6.07 Å². The fourth-order valence-electron chi connectivity index (χ4n) is 2.45. The van der Waals surface area contributed by atoms with E-state index in [-0.39, 0.29) is 11.6 Å². The van der Waals surface area contributed by atoms with Crippen LogP contribution in [0, 0.1) is 10.1 Å². The number of anilines is 1. The first kappa shape index (κ1) is 11.5. The van der Waals surface area contributed by atoms with Crippen molar-refractivity contribution >= 4 is 28.1 Å². The van der Waals surface area contributed by atoms with E-state index in [1.54, 1.807) is 31.2 Å². The third-order valence-electron chi connectivity index (χ3n) is 3.52. The second kappa shape index (κ2) is 3.68. The minimum Gasteiger partial charge on any atom is -0.285 e. The van der Waals surface area contributed by atoms with Gasteiger partial charge in [-0.2, -0.15) is 0 Å². The molecule has 6 heteroatoms. The number of hydrogen-bond donors (Lipinski definition) is 0. The molecule has 1 heterocycles. The summed E-state index contributed by atoms with van der Waals surface area (Å²) in [5.74, 6) is -0.166. The van der Waals surface area contributed by atoms with Gasteiger partial charge in [0.25, 0.3) is 11.6 Å². The van der Waals surface area contributed by atoms with Crippen molar-refractivity contribution in [2.75, 3.05) is 19.1 Å². The molecule has 1 amide bonds. The van der Waals surface area contributed by atoms with Gasteiger partial charge in [0.1, 0.15) is 0 Å². The SMILES string of the molecule is CN1C(=O)c2ccc([N+](=O)[O-])c3cccc(c23)N1C. The lowest BCUT2D eigenvalue weighted by Crippen LogP contribution is -2.44. The summed E-state index contributed by atoms with van der Waals surface area (Å²) in [6.45, 7) is 0. The number of carbonyl (C=O) groups excluding carboxylic acids is 1. The Morgan fingerprint density at radius 2 is 1.84 bits per heavy atom. The molecule has 2 aromatic carbocycles. The van der Waals surface area contributed by atoms with Gasteiger partial charge >= 0.3 is 0 Å². The maximum Gasteiger partial charge on any atom is 0.277 e. The number of amides is 1. The molecule has 96 valence electrons. The number of hydrazine groups is 1. The lowest BCUT2D eigenvalue weighted by atomic mass is 9.98. The van der Waals surface area contributed by atoms with Crippen LogP contribution in [0.4, 0.5) is 11.4 Å². The van der Waals surface area contributed by atoms with Crippen LogP contribution in [-0.2, 0) is 0 Å². The van der Waals surface area contributed by atoms with Gasteiger partial charge in [0, 0.05) is 25.5 Å². The molecule has 0 bridgehead atoms. The van der Waals surface area contributed by atoms with Gasteiger partial charge in [0.15, 0.2) is 0 Å². The Hall–Kier alpha value is -2.63. The normalized spacial score (nSPS) is 14.1. The van der Waals surface area contributed by atoms with Crippen LogP contribution in [0.3, 0.4) is 0 Å². The van der Waals surface area contributed by atoms with E-state index in [2.05, 4.69) is 0 Å². The Labute approximate surface area is 109 Å². The van der Waals surface area contributed by atoms with Gasteiger partial charge in [-0.25, -0.2) is 0 Å². The maximum absolute atomic E-state index is 12.2. The van der Waals surface area contributed by atoms with Gasteiger partial charge < -0.3 is 0 Å². The number of nitro groups is 1.